The van der Waals surface area contributed by atoms with E-state index >= 15 is 0 Å². The molecule has 0 radical (unpaired) electrons. The van der Waals surface area contributed by atoms with E-state index in [2.05, 4.69) is 30.9 Å². The second-order valence-corrected chi connectivity index (χ2v) is 10.8. The van der Waals surface area contributed by atoms with Crippen molar-refractivity contribution in [3.63, 3.8) is 0 Å². The van der Waals surface area contributed by atoms with Crippen LogP contribution in [0.4, 0.5) is 10.1 Å². The number of pyridine rings is 1. The van der Waals surface area contributed by atoms with Gasteiger partial charge in [-0.15, -0.1) is 10.2 Å². The lowest BCUT2D eigenvalue weighted by Gasteiger charge is -2.21. The molecule has 1 amide bonds. The van der Waals surface area contributed by atoms with Crippen LogP contribution in [0.2, 0.25) is 0 Å². The fraction of sp³-hybridized carbons (Fsp3) is 0.357. The highest BCUT2D eigenvalue weighted by Crippen LogP contribution is 2.34. The standard InChI is InChI=1S/C28H30FN9O3/c1-16-9-23(29)20(26-32-35-38(34-26)19-5-6-19)11-24(16)31-27(39)21-12-30-37-8-7-18(10-25(21)37)22-13-36(33-17(22)2)14-28(3,40)15-41-4/h7-13,19,40H,5-6,14-15H2,1-4H3,(H,31,39)/t28-/m0/s1. The van der Waals surface area contributed by atoms with Crippen LogP contribution in [-0.4, -0.2) is 69.9 Å². The molecule has 1 aliphatic carbocycles. The molecule has 1 aliphatic rings. The fourth-order valence-electron chi connectivity index (χ4n) is 4.87. The van der Waals surface area contributed by atoms with E-state index in [1.165, 1.54) is 30.2 Å². The normalized spacial score (nSPS) is 14.9. The summed E-state index contributed by atoms with van der Waals surface area (Å²) in [5.74, 6) is -0.711. The molecule has 4 heterocycles. The van der Waals surface area contributed by atoms with Crippen molar-refractivity contribution in [2.24, 2.45) is 0 Å². The van der Waals surface area contributed by atoms with Gasteiger partial charge in [0.1, 0.15) is 11.4 Å². The number of nitrogens with zero attached hydrogens (tertiary/aromatic N) is 8. The van der Waals surface area contributed by atoms with Crippen LogP contribution in [0.25, 0.3) is 28.0 Å². The molecule has 6 rings (SSSR count). The molecule has 1 saturated carbocycles. The lowest BCUT2D eigenvalue weighted by molar-refractivity contribution is -0.0308. The summed E-state index contributed by atoms with van der Waals surface area (Å²) in [4.78, 5) is 15.0. The van der Waals surface area contributed by atoms with E-state index in [0.29, 0.717) is 22.3 Å². The number of hydrogen-bond donors (Lipinski definition) is 2. The summed E-state index contributed by atoms with van der Waals surface area (Å²) in [5.41, 5.74) is 3.49. The molecule has 0 unspecified atom stereocenters. The quantitative estimate of drug-likeness (QED) is 0.280. The Morgan fingerprint density at radius 1 is 1.22 bits per heavy atom. The van der Waals surface area contributed by atoms with Gasteiger partial charge in [0.05, 0.1) is 47.7 Å². The molecule has 13 heteroatoms. The molecule has 0 aliphatic heterocycles. The van der Waals surface area contributed by atoms with E-state index in [1.54, 1.807) is 29.2 Å². The highest BCUT2D eigenvalue weighted by atomic mass is 19.1. The summed E-state index contributed by atoms with van der Waals surface area (Å²) in [6.45, 7) is 5.73. The first-order chi connectivity index (χ1) is 19.6. The van der Waals surface area contributed by atoms with Crippen LogP contribution in [0.5, 0.6) is 0 Å². The van der Waals surface area contributed by atoms with Crippen LogP contribution in [0.1, 0.15) is 47.4 Å². The monoisotopic (exact) mass is 559 g/mol. The lowest BCUT2D eigenvalue weighted by atomic mass is 10.1. The number of aliphatic hydroxyl groups is 1. The summed E-state index contributed by atoms with van der Waals surface area (Å²) >= 11 is 0. The number of methoxy groups -OCH3 is 1. The SMILES string of the molecule is COC[C@@](C)(O)Cn1cc(-c2ccn3ncc(C(=O)Nc4cc(-c5nnn(C6CC6)n5)c(F)cc4C)c3c2)c(C)n1. The van der Waals surface area contributed by atoms with Crippen molar-refractivity contribution in [1.29, 1.82) is 0 Å². The average Bonchev–Trinajstić information content (AvgIpc) is 3.32. The highest BCUT2D eigenvalue weighted by molar-refractivity contribution is 6.09. The zero-order valence-corrected chi connectivity index (χ0v) is 23.2. The summed E-state index contributed by atoms with van der Waals surface area (Å²) in [7, 11) is 1.54. The number of amides is 1. The first kappa shape index (κ1) is 26.7. The van der Waals surface area contributed by atoms with Crippen molar-refractivity contribution in [2.75, 3.05) is 19.0 Å². The lowest BCUT2D eigenvalue weighted by Crippen LogP contribution is -2.35. The van der Waals surface area contributed by atoms with Gasteiger partial charge in [0.25, 0.3) is 5.91 Å². The number of hydrogen-bond acceptors (Lipinski definition) is 8. The topological polar surface area (TPSA) is 137 Å². The zero-order chi connectivity index (χ0) is 28.9. The van der Waals surface area contributed by atoms with Crippen molar-refractivity contribution < 1.29 is 19.0 Å². The second kappa shape index (κ2) is 10.2. The number of rotatable bonds is 9. The second-order valence-electron chi connectivity index (χ2n) is 10.8. The Hall–Kier alpha value is -4.49. The van der Waals surface area contributed by atoms with Gasteiger partial charge in [0.15, 0.2) is 0 Å². The van der Waals surface area contributed by atoms with E-state index in [1.807, 2.05) is 25.3 Å². The fourth-order valence-corrected chi connectivity index (χ4v) is 4.87. The number of ether oxygens (including phenoxy) is 1. The van der Waals surface area contributed by atoms with Crippen LogP contribution in [-0.2, 0) is 11.3 Å². The molecule has 0 spiro atoms. The number of halogens is 1. The van der Waals surface area contributed by atoms with Crippen molar-refractivity contribution in [2.45, 2.75) is 51.8 Å². The molecular weight excluding hydrogens is 529 g/mol. The van der Waals surface area contributed by atoms with E-state index in [0.717, 1.165) is 29.7 Å². The van der Waals surface area contributed by atoms with Gasteiger partial charge in [-0.25, -0.2) is 8.91 Å². The number of carbonyl (C=O) groups is 1. The summed E-state index contributed by atoms with van der Waals surface area (Å²) < 4.78 is 23.3. The number of benzene rings is 1. The summed E-state index contributed by atoms with van der Waals surface area (Å²) in [6.07, 6.45) is 7.09. The van der Waals surface area contributed by atoms with Gasteiger partial charge in [0.2, 0.25) is 5.82 Å². The van der Waals surface area contributed by atoms with Gasteiger partial charge >= 0.3 is 0 Å². The molecule has 212 valence electrons. The smallest absolute Gasteiger partial charge is 0.259 e. The van der Waals surface area contributed by atoms with Crippen molar-refractivity contribution in [3.05, 3.63) is 65.5 Å². The maximum absolute atomic E-state index is 14.9. The molecule has 0 saturated heterocycles. The molecule has 1 atom stereocenters. The maximum Gasteiger partial charge on any atom is 0.259 e. The van der Waals surface area contributed by atoms with Crippen molar-refractivity contribution in [1.82, 2.24) is 39.6 Å². The van der Waals surface area contributed by atoms with E-state index in [4.69, 9.17) is 4.74 Å². The molecule has 41 heavy (non-hydrogen) atoms. The minimum Gasteiger partial charge on any atom is -0.386 e. The molecule has 1 aromatic carbocycles. The van der Waals surface area contributed by atoms with E-state index in [9.17, 15) is 14.3 Å². The maximum atomic E-state index is 14.9. The van der Waals surface area contributed by atoms with Gasteiger partial charge in [-0.05, 0) is 74.2 Å². The molecular formula is C28H30FN9O3. The van der Waals surface area contributed by atoms with Gasteiger partial charge in [-0.3, -0.25) is 9.48 Å². The predicted octanol–water partition coefficient (Wildman–Crippen LogP) is 3.59. The average molecular weight is 560 g/mol. The Morgan fingerprint density at radius 2 is 2.02 bits per heavy atom. The van der Waals surface area contributed by atoms with Crippen molar-refractivity contribution in [3.8, 4) is 22.5 Å². The summed E-state index contributed by atoms with van der Waals surface area (Å²) in [6, 6.07) is 6.85. The molecule has 2 N–H and O–H groups in total. The number of aryl methyl sites for hydroxylation is 2. The zero-order valence-electron chi connectivity index (χ0n) is 23.2. The molecule has 12 nitrogen and oxygen atoms in total. The molecule has 1 fully saturated rings. The van der Waals surface area contributed by atoms with Crippen LogP contribution in [0.15, 0.2) is 42.9 Å². The van der Waals surface area contributed by atoms with Gasteiger partial charge < -0.3 is 15.2 Å². The van der Waals surface area contributed by atoms with Crippen molar-refractivity contribution >= 4 is 17.1 Å². The Bertz CT molecular complexity index is 1770. The van der Waals surface area contributed by atoms with E-state index in [-0.39, 0.29) is 30.6 Å². The highest BCUT2D eigenvalue weighted by Gasteiger charge is 2.27. The third kappa shape index (κ3) is 5.33. The minimum atomic E-state index is -1.08. The molecule has 5 aromatic rings. The Balaban J connectivity index is 1.28. The third-order valence-corrected chi connectivity index (χ3v) is 7.09. The first-order valence-corrected chi connectivity index (χ1v) is 13.3. The molecule has 0 bridgehead atoms. The minimum absolute atomic E-state index is 0.164. The third-order valence-electron chi connectivity index (χ3n) is 7.09. The summed E-state index contributed by atoms with van der Waals surface area (Å²) in [5, 5.41) is 34.7. The van der Waals surface area contributed by atoms with E-state index < -0.39 is 17.3 Å². The first-order valence-electron chi connectivity index (χ1n) is 13.3. The largest absolute Gasteiger partial charge is 0.386 e. The van der Waals surface area contributed by atoms with Crippen LogP contribution >= 0.6 is 0 Å². The Labute approximate surface area is 234 Å². The number of fused-ring (bicyclic) bond motifs is 1. The van der Waals surface area contributed by atoms with Gasteiger partial charge in [0, 0.05) is 30.8 Å². The Morgan fingerprint density at radius 3 is 2.78 bits per heavy atom. The van der Waals surface area contributed by atoms with Crippen LogP contribution < -0.4 is 5.32 Å². The van der Waals surface area contributed by atoms with Gasteiger partial charge in [-0.2, -0.15) is 15.0 Å². The number of carbonyl (C=O) groups excluding carboxylic acids is 1. The molecule has 4 aromatic heterocycles. The van der Waals surface area contributed by atoms with Crippen LogP contribution in [0.3, 0.4) is 0 Å². The van der Waals surface area contributed by atoms with Gasteiger partial charge in [-0.1, -0.05) is 0 Å². The predicted molar refractivity (Wildman–Crippen MR) is 148 cm³/mol. The van der Waals surface area contributed by atoms with Crippen LogP contribution in [0, 0.1) is 19.7 Å². The Kier molecular flexibility index (Phi) is 6.62. The number of aromatic nitrogens is 8. The number of tetrazole rings is 1. The number of anilines is 1. The number of nitrogens with one attached hydrogen (secondary N) is 1.